The van der Waals surface area contributed by atoms with Crippen molar-refractivity contribution in [2.45, 2.75) is 33.6 Å². The first-order valence-electron chi connectivity index (χ1n) is 4.70. The van der Waals surface area contributed by atoms with Gasteiger partial charge in [-0.05, 0) is 12.3 Å². The predicted octanol–water partition coefficient (Wildman–Crippen LogP) is 1.53. The fraction of sp³-hybridized carbons (Fsp3) is 0.600. The molecule has 4 heteroatoms. The molecule has 0 heterocycles. The minimum atomic E-state index is -1.09. The molecule has 0 aromatic rings. The van der Waals surface area contributed by atoms with E-state index >= 15 is 0 Å². The van der Waals surface area contributed by atoms with Crippen LogP contribution in [0.4, 0.5) is 0 Å². The van der Waals surface area contributed by atoms with Gasteiger partial charge < -0.3 is 10.4 Å². The zero-order chi connectivity index (χ0) is 11.1. The van der Waals surface area contributed by atoms with E-state index in [-0.39, 0.29) is 17.5 Å². The van der Waals surface area contributed by atoms with Gasteiger partial charge in [-0.25, -0.2) is 4.79 Å². The normalized spacial score (nSPS) is 11.6. The fourth-order valence-corrected chi connectivity index (χ4v) is 0.968. The zero-order valence-electron chi connectivity index (χ0n) is 8.83. The highest BCUT2D eigenvalue weighted by atomic mass is 16.4. The van der Waals surface area contributed by atoms with Crippen molar-refractivity contribution in [2.24, 2.45) is 5.92 Å². The quantitative estimate of drug-likeness (QED) is 0.660. The number of hydrogen-bond donors (Lipinski definition) is 2. The Balaban J connectivity index is 4.25. The number of aliphatic carboxylic acids is 1. The Hall–Kier alpha value is -1.32. The smallest absolute Gasteiger partial charge is 0.352 e. The van der Waals surface area contributed by atoms with Gasteiger partial charge in [0.05, 0.1) is 0 Å². The van der Waals surface area contributed by atoms with Crippen LogP contribution in [0, 0.1) is 5.92 Å². The average molecular weight is 199 g/mol. The molecule has 0 saturated carbocycles. The average Bonchev–Trinajstić information content (AvgIpc) is 2.01. The van der Waals surface area contributed by atoms with Crippen LogP contribution in [0.5, 0.6) is 0 Å². The Morgan fingerprint density at radius 2 is 2.00 bits per heavy atom. The lowest BCUT2D eigenvalue weighted by molar-refractivity contribution is -0.134. The highest BCUT2D eigenvalue weighted by Gasteiger charge is 2.11. The SMILES string of the molecule is CCC=C(NC(=O)CC(C)C)C(=O)O. The topological polar surface area (TPSA) is 66.4 Å². The zero-order valence-corrected chi connectivity index (χ0v) is 8.83. The summed E-state index contributed by atoms with van der Waals surface area (Å²) >= 11 is 0. The number of nitrogens with one attached hydrogen (secondary N) is 1. The molecule has 1 amide bonds. The lowest BCUT2D eigenvalue weighted by Gasteiger charge is -2.07. The Labute approximate surface area is 84.0 Å². The van der Waals surface area contributed by atoms with Crippen molar-refractivity contribution in [2.75, 3.05) is 0 Å². The molecule has 0 fully saturated rings. The maximum absolute atomic E-state index is 11.2. The summed E-state index contributed by atoms with van der Waals surface area (Å²) in [6.07, 6.45) is 2.42. The van der Waals surface area contributed by atoms with Crippen LogP contribution >= 0.6 is 0 Å². The van der Waals surface area contributed by atoms with E-state index < -0.39 is 5.97 Å². The molecule has 0 unspecified atom stereocenters. The van der Waals surface area contributed by atoms with Crippen LogP contribution in [0.2, 0.25) is 0 Å². The van der Waals surface area contributed by atoms with E-state index in [9.17, 15) is 9.59 Å². The van der Waals surface area contributed by atoms with E-state index in [1.165, 1.54) is 6.08 Å². The van der Waals surface area contributed by atoms with Crippen LogP contribution < -0.4 is 5.32 Å². The maximum atomic E-state index is 11.2. The first-order chi connectivity index (χ1) is 6.47. The number of carbonyl (C=O) groups excluding carboxylic acids is 1. The largest absolute Gasteiger partial charge is 0.477 e. The number of carboxylic acids is 1. The second kappa shape index (κ2) is 6.18. The monoisotopic (exact) mass is 199 g/mol. The molecule has 0 aromatic heterocycles. The first-order valence-corrected chi connectivity index (χ1v) is 4.70. The summed E-state index contributed by atoms with van der Waals surface area (Å²) in [5, 5.41) is 11.1. The van der Waals surface area contributed by atoms with E-state index in [0.29, 0.717) is 12.8 Å². The van der Waals surface area contributed by atoms with E-state index in [2.05, 4.69) is 5.32 Å². The second-order valence-electron chi connectivity index (χ2n) is 3.48. The first kappa shape index (κ1) is 12.7. The summed E-state index contributed by atoms with van der Waals surface area (Å²) in [4.78, 5) is 21.9. The molecule has 0 aromatic carbocycles. The number of hydrogen-bond acceptors (Lipinski definition) is 2. The molecule has 80 valence electrons. The van der Waals surface area contributed by atoms with Crippen molar-refractivity contribution in [3.05, 3.63) is 11.8 Å². The van der Waals surface area contributed by atoms with Crippen LogP contribution in [0.1, 0.15) is 33.6 Å². The molecule has 0 saturated heterocycles. The van der Waals surface area contributed by atoms with Gasteiger partial charge in [-0.2, -0.15) is 0 Å². The summed E-state index contributed by atoms with van der Waals surface area (Å²) in [5.41, 5.74) is -0.0295. The lowest BCUT2D eigenvalue weighted by atomic mass is 10.1. The van der Waals surface area contributed by atoms with Crippen LogP contribution in [-0.2, 0) is 9.59 Å². The number of rotatable bonds is 5. The van der Waals surface area contributed by atoms with Crippen molar-refractivity contribution in [1.29, 1.82) is 0 Å². The van der Waals surface area contributed by atoms with Gasteiger partial charge in [0, 0.05) is 6.42 Å². The van der Waals surface area contributed by atoms with Gasteiger partial charge in [-0.1, -0.05) is 26.8 Å². The standard InChI is InChI=1S/C10H17NO3/c1-4-5-8(10(13)14)11-9(12)6-7(2)3/h5,7H,4,6H2,1-3H3,(H,11,12)(H,13,14). The Morgan fingerprint density at radius 1 is 1.43 bits per heavy atom. The number of amides is 1. The Morgan fingerprint density at radius 3 is 2.36 bits per heavy atom. The molecule has 2 N–H and O–H groups in total. The Kier molecular flexibility index (Phi) is 5.60. The molecular formula is C10H17NO3. The molecule has 4 nitrogen and oxygen atoms in total. The second-order valence-corrected chi connectivity index (χ2v) is 3.48. The van der Waals surface area contributed by atoms with E-state index in [1.54, 1.807) is 0 Å². The number of carbonyl (C=O) groups is 2. The van der Waals surface area contributed by atoms with Crippen LogP contribution in [0.25, 0.3) is 0 Å². The third-order valence-corrected chi connectivity index (χ3v) is 1.51. The van der Waals surface area contributed by atoms with Gasteiger partial charge in [-0.15, -0.1) is 0 Å². The molecular weight excluding hydrogens is 182 g/mol. The molecule has 0 bridgehead atoms. The molecule has 0 atom stereocenters. The van der Waals surface area contributed by atoms with Gasteiger partial charge in [-0.3, -0.25) is 4.79 Å². The van der Waals surface area contributed by atoms with Crippen LogP contribution in [0.15, 0.2) is 11.8 Å². The number of carboxylic acid groups (broad SMARTS) is 1. The third kappa shape index (κ3) is 5.35. The summed E-state index contributed by atoms with van der Waals surface area (Å²) in [5.74, 6) is -1.11. The summed E-state index contributed by atoms with van der Waals surface area (Å²) in [6, 6.07) is 0. The Bertz CT molecular complexity index is 244. The molecule has 14 heavy (non-hydrogen) atoms. The minimum absolute atomic E-state index is 0.0295. The van der Waals surface area contributed by atoms with Crippen molar-refractivity contribution >= 4 is 11.9 Å². The van der Waals surface area contributed by atoms with Gasteiger partial charge in [0.15, 0.2) is 0 Å². The van der Waals surface area contributed by atoms with E-state index in [0.717, 1.165) is 0 Å². The van der Waals surface area contributed by atoms with Gasteiger partial charge >= 0.3 is 5.97 Å². The lowest BCUT2D eigenvalue weighted by Crippen LogP contribution is -2.28. The molecule has 0 spiro atoms. The minimum Gasteiger partial charge on any atom is -0.477 e. The highest BCUT2D eigenvalue weighted by Crippen LogP contribution is 2.00. The van der Waals surface area contributed by atoms with Crippen molar-refractivity contribution in [1.82, 2.24) is 5.32 Å². The molecule has 0 radical (unpaired) electrons. The maximum Gasteiger partial charge on any atom is 0.352 e. The molecule has 0 aliphatic carbocycles. The third-order valence-electron chi connectivity index (χ3n) is 1.51. The van der Waals surface area contributed by atoms with Gasteiger partial charge in [0.25, 0.3) is 0 Å². The summed E-state index contributed by atoms with van der Waals surface area (Å²) in [7, 11) is 0. The van der Waals surface area contributed by atoms with Gasteiger partial charge in [0.2, 0.25) is 5.91 Å². The molecule has 0 aliphatic heterocycles. The number of allylic oxidation sites excluding steroid dienone is 1. The summed E-state index contributed by atoms with van der Waals surface area (Å²) in [6.45, 7) is 5.63. The van der Waals surface area contributed by atoms with Gasteiger partial charge in [0.1, 0.15) is 5.70 Å². The van der Waals surface area contributed by atoms with Crippen LogP contribution in [0.3, 0.4) is 0 Å². The van der Waals surface area contributed by atoms with Crippen molar-refractivity contribution in [3.63, 3.8) is 0 Å². The molecule has 0 aliphatic rings. The van der Waals surface area contributed by atoms with E-state index in [4.69, 9.17) is 5.11 Å². The predicted molar refractivity (Wildman–Crippen MR) is 53.6 cm³/mol. The summed E-state index contributed by atoms with van der Waals surface area (Å²) < 4.78 is 0. The highest BCUT2D eigenvalue weighted by molar-refractivity contribution is 5.92. The fourth-order valence-electron chi connectivity index (χ4n) is 0.968. The van der Waals surface area contributed by atoms with E-state index in [1.807, 2.05) is 20.8 Å². The van der Waals surface area contributed by atoms with Crippen LogP contribution in [-0.4, -0.2) is 17.0 Å². The molecule has 0 rings (SSSR count). The van der Waals surface area contributed by atoms with Crippen molar-refractivity contribution < 1.29 is 14.7 Å². The van der Waals surface area contributed by atoms with Crippen molar-refractivity contribution in [3.8, 4) is 0 Å².